The number of nitrogens with zero attached hydrogens (tertiary/aromatic N) is 2. The molecular formula is C56H66BrN6O2+. The Bertz CT molecular complexity index is 2700. The van der Waals surface area contributed by atoms with E-state index in [1.807, 2.05) is 36.4 Å². The predicted octanol–water partition coefficient (Wildman–Crippen LogP) is 9.53. The number of anilines is 4. The van der Waals surface area contributed by atoms with Crippen molar-refractivity contribution in [3.63, 3.8) is 0 Å². The van der Waals surface area contributed by atoms with Gasteiger partial charge in [-0.2, -0.15) is 9.13 Å². The zero-order valence-electron chi connectivity index (χ0n) is 38.3. The molecule has 6 aromatic carbocycles. The zero-order valence-corrected chi connectivity index (χ0v) is 39.8. The maximum atomic E-state index is 6.28. The van der Waals surface area contributed by atoms with Crippen LogP contribution in [0, 0.1) is 0 Å². The van der Waals surface area contributed by atoms with E-state index in [9.17, 15) is 0 Å². The number of hydrogen-bond donors (Lipinski definition) is 4. The van der Waals surface area contributed by atoms with Gasteiger partial charge in [0.1, 0.15) is 25.6 Å². The number of unbranched alkanes of at least 4 members (excludes halogenated alkanes) is 13. The highest BCUT2D eigenvalue weighted by Gasteiger charge is 2.23. The second kappa shape index (κ2) is 22.2. The van der Waals surface area contributed by atoms with Gasteiger partial charge in [0, 0.05) is 45.7 Å². The Labute approximate surface area is 395 Å². The summed E-state index contributed by atoms with van der Waals surface area (Å²) in [7, 11) is 4.19. The van der Waals surface area contributed by atoms with Crippen molar-refractivity contribution in [3.8, 4) is 34.0 Å². The molecule has 8 nitrogen and oxygen atoms in total. The standard InChI is InChI=1S/C56H64N6O2.BrH/c1-61-53-37-43(59)25-29-49(53)47-27-23-41(57)35-51(47)55(61)39-19-17-21-45(33-39)63-31-15-13-11-9-7-5-3-4-6-8-10-12-14-16-32-64-46-22-18-20-40(34-46)56-52-36-42(58)24-28-48(52)50-30-26-44(60)38-54(50)62(56)2;/h17-30,33-38,59-60H,3-16,31-32,57-58H2,1-2H3;1H/p+1. The van der Waals surface area contributed by atoms with E-state index in [2.05, 4.69) is 108 Å². The van der Waals surface area contributed by atoms with Gasteiger partial charge < -0.3 is 49.4 Å². The number of halogens is 1. The van der Waals surface area contributed by atoms with Crippen LogP contribution in [-0.4, -0.2) is 13.2 Å². The van der Waals surface area contributed by atoms with Crippen molar-refractivity contribution in [1.29, 1.82) is 0 Å². The molecule has 8 aromatic rings. The number of nitrogens with two attached hydrogens (primary N) is 4. The van der Waals surface area contributed by atoms with Gasteiger partial charge in [-0.3, -0.25) is 0 Å². The summed E-state index contributed by atoms with van der Waals surface area (Å²) in [5.41, 5.74) is 34.6. The fraction of sp³-hybridized carbons (Fsp3) is 0.321. The van der Waals surface area contributed by atoms with Crippen molar-refractivity contribution in [3.05, 3.63) is 121 Å². The molecule has 0 bridgehead atoms. The molecule has 8 N–H and O–H groups in total. The molecule has 8 rings (SSSR count). The van der Waals surface area contributed by atoms with Gasteiger partial charge in [0.25, 0.3) is 0 Å². The van der Waals surface area contributed by atoms with Crippen molar-refractivity contribution in [1.82, 2.24) is 0 Å². The minimum atomic E-state index is 0. The van der Waals surface area contributed by atoms with Gasteiger partial charge in [0.2, 0.25) is 22.4 Å². The molecule has 0 saturated heterocycles. The van der Waals surface area contributed by atoms with E-state index in [0.29, 0.717) is 0 Å². The normalized spacial score (nSPS) is 11.4. The number of rotatable bonds is 21. The van der Waals surface area contributed by atoms with Gasteiger partial charge in [-0.1, -0.05) is 101 Å². The maximum Gasteiger partial charge on any atom is 0.220 e. The summed E-state index contributed by atoms with van der Waals surface area (Å²) >= 11 is 0. The molecule has 0 fully saturated rings. The Kier molecular flexibility index (Phi) is 16.0. The summed E-state index contributed by atoms with van der Waals surface area (Å²) in [6.45, 7) is 1.46. The lowest BCUT2D eigenvalue weighted by Gasteiger charge is -2.12. The van der Waals surface area contributed by atoms with E-state index < -0.39 is 0 Å². The fourth-order valence-corrected chi connectivity index (χ4v) is 9.57. The highest BCUT2D eigenvalue weighted by atomic mass is 79.9. The lowest BCUT2D eigenvalue weighted by molar-refractivity contribution is -0.632. The Hall–Kier alpha value is -6.06. The van der Waals surface area contributed by atoms with E-state index in [1.165, 1.54) is 77.0 Å². The smallest absolute Gasteiger partial charge is 0.220 e. The summed E-state index contributed by atoms with van der Waals surface area (Å²) in [5, 5.41) is 6.87. The van der Waals surface area contributed by atoms with Crippen LogP contribution in [0.2, 0.25) is 0 Å². The number of ether oxygens (including phenoxy) is 2. The molecule has 0 radical (unpaired) electrons. The molecule has 0 amide bonds. The number of pyridine rings is 2. The molecule has 9 heteroatoms. The lowest BCUT2D eigenvalue weighted by Crippen LogP contribution is -3.00. The van der Waals surface area contributed by atoms with E-state index in [1.54, 1.807) is 0 Å². The average Bonchev–Trinajstić information content (AvgIpc) is 3.29. The largest absolute Gasteiger partial charge is 1.00 e. The van der Waals surface area contributed by atoms with Crippen LogP contribution in [0.5, 0.6) is 11.5 Å². The quantitative estimate of drug-likeness (QED) is 0.0246. The molecule has 0 saturated carbocycles. The SMILES string of the molecule is C[n+]1c(-c2cccc(OCCCCCCCCCCCCCCCCOc3cccc(-c4c5cc(N)ccc5c5ccc(N)cc5[n+]4C)c3)c2)c2cc(N)ccc2c2ccc(N)cc21.[Br-]. The van der Waals surface area contributed by atoms with Crippen LogP contribution in [0.15, 0.2) is 121 Å². The van der Waals surface area contributed by atoms with Crippen molar-refractivity contribution < 1.29 is 35.6 Å². The molecule has 2 heterocycles. The average molecular weight is 935 g/mol. The van der Waals surface area contributed by atoms with E-state index >= 15 is 0 Å². The Balaban J connectivity index is 0.00000630. The molecule has 338 valence electrons. The Morgan fingerprint density at radius 1 is 0.354 bits per heavy atom. The summed E-state index contributed by atoms with van der Waals surface area (Å²) in [4.78, 5) is 0. The summed E-state index contributed by atoms with van der Waals surface area (Å²) in [5.74, 6) is 1.79. The van der Waals surface area contributed by atoms with Crippen LogP contribution in [-0.2, 0) is 14.1 Å². The maximum absolute atomic E-state index is 6.28. The van der Waals surface area contributed by atoms with Crippen LogP contribution < -0.4 is 58.5 Å². The van der Waals surface area contributed by atoms with Crippen LogP contribution in [0.3, 0.4) is 0 Å². The van der Waals surface area contributed by atoms with E-state index in [0.717, 1.165) is 126 Å². The fourth-order valence-electron chi connectivity index (χ4n) is 9.57. The third-order valence-corrected chi connectivity index (χ3v) is 12.9. The molecule has 0 aliphatic rings. The second-order valence-electron chi connectivity index (χ2n) is 17.7. The van der Waals surface area contributed by atoms with Gasteiger partial charge in [-0.25, -0.2) is 0 Å². The van der Waals surface area contributed by atoms with Gasteiger partial charge in [-0.15, -0.1) is 0 Å². The van der Waals surface area contributed by atoms with Gasteiger partial charge >= 0.3 is 0 Å². The molecule has 0 aliphatic heterocycles. The Morgan fingerprint density at radius 2 is 0.677 bits per heavy atom. The molecule has 0 unspecified atom stereocenters. The number of fused-ring (bicyclic) bond motifs is 6. The monoisotopic (exact) mass is 933 g/mol. The zero-order chi connectivity index (χ0) is 44.4. The number of hydrogen-bond acceptors (Lipinski definition) is 6. The number of nitrogen functional groups attached to an aromatic ring is 4. The van der Waals surface area contributed by atoms with Crippen molar-refractivity contribution in [2.75, 3.05) is 36.1 Å². The number of aromatic nitrogens is 2. The van der Waals surface area contributed by atoms with Crippen LogP contribution >= 0.6 is 0 Å². The third kappa shape index (κ3) is 11.3. The van der Waals surface area contributed by atoms with Crippen molar-refractivity contribution >= 4 is 66.1 Å². The molecular weight excluding hydrogens is 869 g/mol. The minimum absolute atomic E-state index is 0. The van der Waals surface area contributed by atoms with Gasteiger partial charge in [0.05, 0.1) is 45.9 Å². The Morgan fingerprint density at radius 3 is 1.05 bits per heavy atom. The summed E-state index contributed by atoms with van der Waals surface area (Å²) in [6.07, 6.45) is 17.8. The number of aryl methyl sites for hydroxylation is 2. The van der Waals surface area contributed by atoms with E-state index in [-0.39, 0.29) is 17.0 Å². The minimum Gasteiger partial charge on any atom is -1.00 e. The molecule has 65 heavy (non-hydrogen) atoms. The lowest BCUT2D eigenvalue weighted by atomic mass is 9.98. The third-order valence-electron chi connectivity index (χ3n) is 12.9. The molecule has 2 aromatic heterocycles. The first-order valence-corrected chi connectivity index (χ1v) is 23.5. The summed E-state index contributed by atoms with van der Waals surface area (Å²) in [6, 6.07) is 41.4. The van der Waals surface area contributed by atoms with Crippen LogP contribution in [0.25, 0.3) is 65.9 Å². The van der Waals surface area contributed by atoms with E-state index in [4.69, 9.17) is 32.4 Å². The van der Waals surface area contributed by atoms with Crippen LogP contribution in [0.4, 0.5) is 22.7 Å². The second-order valence-corrected chi connectivity index (χ2v) is 17.7. The molecule has 0 spiro atoms. The highest BCUT2D eigenvalue weighted by Crippen LogP contribution is 2.36. The molecule has 0 aliphatic carbocycles. The predicted molar refractivity (Wildman–Crippen MR) is 269 cm³/mol. The highest BCUT2D eigenvalue weighted by molar-refractivity contribution is 6.11. The molecule has 0 atom stereocenters. The van der Waals surface area contributed by atoms with Crippen molar-refractivity contribution in [2.24, 2.45) is 14.1 Å². The van der Waals surface area contributed by atoms with Gasteiger partial charge in [0.15, 0.2) is 0 Å². The summed E-state index contributed by atoms with van der Waals surface area (Å²) < 4.78 is 17.0. The first-order valence-electron chi connectivity index (χ1n) is 23.5. The van der Waals surface area contributed by atoms with Crippen molar-refractivity contribution in [2.45, 2.75) is 89.9 Å². The topological polar surface area (TPSA) is 130 Å². The first-order chi connectivity index (χ1) is 31.2. The number of benzene rings is 6. The first kappa shape index (κ1) is 46.9. The van der Waals surface area contributed by atoms with Crippen LogP contribution in [0.1, 0.15) is 89.9 Å². The van der Waals surface area contributed by atoms with Gasteiger partial charge in [-0.05, 0) is 97.8 Å².